The van der Waals surface area contributed by atoms with Gasteiger partial charge in [0, 0.05) is 36.3 Å². The Morgan fingerprint density at radius 3 is 2.61 bits per heavy atom. The van der Waals surface area contributed by atoms with E-state index in [-0.39, 0.29) is 23.2 Å². The van der Waals surface area contributed by atoms with Crippen molar-refractivity contribution in [3.8, 4) is 0 Å². The van der Waals surface area contributed by atoms with Gasteiger partial charge in [-0.05, 0) is 42.3 Å². The van der Waals surface area contributed by atoms with Gasteiger partial charge in [-0.25, -0.2) is 9.79 Å². The van der Waals surface area contributed by atoms with E-state index in [1.165, 1.54) is 24.3 Å². The molecule has 1 amide bonds. The molecule has 0 N–H and O–H groups in total. The van der Waals surface area contributed by atoms with Crippen LogP contribution in [0.2, 0.25) is 0 Å². The van der Waals surface area contributed by atoms with Crippen molar-refractivity contribution >= 4 is 35.2 Å². The molecule has 2 aromatic rings. The molecule has 0 saturated carbocycles. The van der Waals surface area contributed by atoms with Crippen LogP contribution in [0.5, 0.6) is 0 Å². The lowest BCUT2D eigenvalue weighted by Gasteiger charge is -2.15. The summed E-state index contributed by atoms with van der Waals surface area (Å²) in [5.41, 5.74) is 1.87. The highest BCUT2D eigenvalue weighted by molar-refractivity contribution is 6.13. The van der Waals surface area contributed by atoms with Crippen molar-refractivity contribution in [2.24, 2.45) is 4.99 Å². The van der Waals surface area contributed by atoms with E-state index in [2.05, 4.69) is 4.99 Å². The molecular formula is C20H15N3O5. The molecule has 1 fully saturated rings. The molecule has 0 spiro atoms. The first-order valence-corrected chi connectivity index (χ1v) is 8.69. The summed E-state index contributed by atoms with van der Waals surface area (Å²) in [6.07, 6.45) is 2.84. The fraction of sp³-hybridized carbons (Fsp3) is 0.150. The zero-order valence-electron chi connectivity index (χ0n) is 14.7. The zero-order valence-corrected chi connectivity index (χ0v) is 14.7. The largest absolute Gasteiger partial charge is 0.402 e. The van der Waals surface area contributed by atoms with Gasteiger partial charge >= 0.3 is 5.97 Å². The number of ether oxygens (including phenoxy) is 1. The molecule has 0 aliphatic carbocycles. The number of nitro benzene ring substituents is 1. The lowest BCUT2D eigenvalue weighted by Crippen LogP contribution is -2.23. The summed E-state index contributed by atoms with van der Waals surface area (Å²) in [5, 5.41) is 10.9. The first kappa shape index (κ1) is 17.6. The zero-order chi connectivity index (χ0) is 19.7. The molecule has 2 heterocycles. The first-order valence-electron chi connectivity index (χ1n) is 8.69. The Labute approximate surface area is 159 Å². The minimum Gasteiger partial charge on any atom is -0.402 e. The SMILES string of the molecule is O=C1OC(c2ccc(N3CCCC3=O)cc2)=NC1=Cc1cccc([N+](=O)[O-])c1. The molecule has 0 bridgehead atoms. The van der Waals surface area contributed by atoms with Gasteiger partial charge in [0.2, 0.25) is 11.8 Å². The summed E-state index contributed by atoms with van der Waals surface area (Å²) in [5.74, 6) is -0.374. The lowest BCUT2D eigenvalue weighted by molar-refractivity contribution is -0.384. The highest BCUT2D eigenvalue weighted by Crippen LogP contribution is 2.24. The number of nitro groups is 1. The predicted octanol–water partition coefficient (Wildman–Crippen LogP) is 3.07. The van der Waals surface area contributed by atoms with E-state index < -0.39 is 10.9 Å². The molecule has 2 aliphatic heterocycles. The summed E-state index contributed by atoms with van der Waals surface area (Å²) in [6.45, 7) is 0.699. The van der Waals surface area contributed by atoms with Crippen LogP contribution < -0.4 is 4.90 Å². The molecule has 28 heavy (non-hydrogen) atoms. The summed E-state index contributed by atoms with van der Waals surface area (Å²) >= 11 is 0. The second kappa shape index (κ2) is 7.07. The van der Waals surface area contributed by atoms with Crippen LogP contribution in [0.4, 0.5) is 11.4 Å². The standard InChI is InChI=1S/C20H15N3O5/c24-18-5-2-10-22(18)15-8-6-14(7-9-15)19-21-17(20(25)28-19)12-13-3-1-4-16(11-13)23(26)27/h1,3-4,6-9,11-12H,2,5,10H2. The van der Waals surface area contributed by atoms with Crippen molar-refractivity contribution in [3.05, 3.63) is 75.5 Å². The van der Waals surface area contributed by atoms with E-state index in [0.29, 0.717) is 24.1 Å². The summed E-state index contributed by atoms with van der Waals surface area (Å²) in [6, 6.07) is 13.0. The average molecular weight is 377 g/mol. The number of cyclic esters (lactones) is 1. The topological polar surface area (TPSA) is 102 Å². The lowest BCUT2D eigenvalue weighted by atomic mass is 10.1. The van der Waals surface area contributed by atoms with Crippen molar-refractivity contribution < 1.29 is 19.2 Å². The van der Waals surface area contributed by atoms with Crippen LogP contribution in [0.25, 0.3) is 6.08 Å². The van der Waals surface area contributed by atoms with E-state index in [4.69, 9.17) is 4.74 Å². The minimum atomic E-state index is -0.625. The number of non-ortho nitro benzene ring substituents is 1. The third-order valence-electron chi connectivity index (χ3n) is 4.50. The van der Waals surface area contributed by atoms with Gasteiger partial charge in [0.15, 0.2) is 5.70 Å². The van der Waals surface area contributed by atoms with Crippen LogP contribution in [0.15, 0.2) is 59.2 Å². The number of anilines is 1. The number of benzene rings is 2. The van der Waals surface area contributed by atoms with Crippen LogP contribution in [0.3, 0.4) is 0 Å². The van der Waals surface area contributed by atoms with Gasteiger partial charge in [-0.2, -0.15) is 0 Å². The number of hydrogen-bond acceptors (Lipinski definition) is 6. The molecule has 8 nitrogen and oxygen atoms in total. The van der Waals surface area contributed by atoms with Gasteiger partial charge in [-0.3, -0.25) is 14.9 Å². The van der Waals surface area contributed by atoms with Crippen LogP contribution in [0, 0.1) is 10.1 Å². The van der Waals surface area contributed by atoms with Crippen molar-refractivity contribution in [1.82, 2.24) is 0 Å². The molecule has 0 radical (unpaired) electrons. The average Bonchev–Trinajstić information content (AvgIpc) is 3.28. The van der Waals surface area contributed by atoms with Crippen molar-refractivity contribution in [2.75, 3.05) is 11.4 Å². The van der Waals surface area contributed by atoms with Gasteiger partial charge in [0.1, 0.15) is 0 Å². The Hall–Kier alpha value is -3.81. The van der Waals surface area contributed by atoms with Gasteiger partial charge in [0.05, 0.1) is 4.92 Å². The maximum Gasteiger partial charge on any atom is 0.363 e. The van der Waals surface area contributed by atoms with Gasteiger partial charge in [-0.15, -0.1) is 0 Å². The first-order chi connectivity index (χ1) is 13.5. The Balaban J connectivity index is 1.58. The quantitative estimate of drug-likeness (QED) is 0.353. The fourth-order valence-electron chi connectivity index (χ4n) is 3.12. The van der Waals surface area contributed by atoms with Gasteiger partial charge in [0.25, 0.3) is 5.69 Å². The number of carbonyl (C=O) groups excluding carboxylic acids is 2. The number of hydrogen-bond donors (Lipinski definition) is 0. The Kier molecular flexibility index (Phi) is 4.44. The number of esters is 1. The molecule has 1 saturated heterocycles. The van der Waals surface area contributed by atoms with E-state index >= 15 is 0 Å². The molecule has 0 aromatic heterocycles. The number of amides is 1. The molecule has 0 unspecified atom stereocenters. The number of aliphatic imine (C=N–C) groups is 1. The molecule has 140 valence electrons. The third-order valence-corrected chi connectivity index (χ3v) is 4.50. The monoisotopic (exact) mass is 377 g/mol. The van der Waals surface area contributed by atoms with E-state index in [1.54, 1.807) is 35.2 Å². The second-order valence-electron chi connectivity index (χ2n) is 6.38. The fourth-order valence-corrected chi connectivity index (χ4v) is 3.12. The highest BCUT2D eigenvalue weighted by Gasteiger charge is 2.25. The van der Waals surface area contributed by atoms with Crippen molar-refractivity contribution in [2.45, 2.75) is 12.8 Å². The Bertz CT molecular complexity index is 1040. The smallest absolute Gasteiger partial charge is 0.363 e. The summed E-state index contributed by atoms with van der Waals surface area (Å²) in [4.78, 5) is 40.2. The summed E-state index contributed by atoms with van der Waals surface area (Å²) < 4.78 is 5.22. The Morgan fingerprint density at radius 1 is 1.14 bits per heavy atom. The van der Waals surface area contributed by atoms with Gasteiger partial charge < -0.3 is 9.64 Å². The predicted molar refractivity (Wildman–Crippen MR) is 102 cm³/mol. The van der Waals surface area contributed by atoms with E-state index in [1.807, 2.05) is 0 Å². The molecule has 2 aromatic carbocycles. The van der Waals surface area contributed by atoms with Crippen LogP contribution >= 0.6 is 0 Å². The van der Waals surface area contributed by atoms with Crippen LogP contribution in [0.1, 0.15) is 24.0 Å². The number of rotatable bonds is 4. The molecule has 8 heteroatoms. The molecule has 4 rings (SSSR count). The third kappa shape index (κ3) is 3.39. The van der Waals surface area contributed by atoms with Crippen LogP contribution in [-0.2, 0) is 14.3 Å². The maximum absolute atomic E-state index is 12.1. The number of nitrogens with zero attached hydrogens (tertiary/aromatic N) is 3. The van der Waals surface area contributed by atoms with Crippen molar-refractivity contribution in [1.29, 1.82) is 0 Å². The molecule has 2 aliphatic rings. The molecular weight excluding hydrogens is 362 g/mol. The van der Waals surface area contributed by atoms with Gasteiger partial charge in [-0.1, -0.05) is 12.1 Å². The van der Waals surface area contributed by atoms with Crippen molar-refractivity contribution in [3.63, 3.8) is 0 Å². The summed E-state index contributed by atoms with van der Waals surface area (Å²) in [7, 11) is 0. The Morgan fingerprint density at radius 2 is 1.93 bits per heavy atom. The highest BCUT2D eigenvalue weighted by atomic mass is 16.6. The van der Waals surface area contributed by atoms with E-state index in [0.717, 1.165) is 12.1 Å². The number of carbonyl (C=O) groups is 2. The minimum absolute atomic E-state index is 0.0642. The molecule has 0 atom stereocenters. The van der Waals surface area contributed by atoms with Crippen LogP contribution in [-0.4, -0.2) is 29.2 Å². The maximum atomic E-state index is 12.1. The second-order valence-corrected chi connectivity index (χ2v) is 6.38. The van der Waals surface area contributed by atoms with E-state index in [9.17, 15) is 19.7 Å². The normalized spacial score (nSPS) is 17.8.